The number of rotatable bonds is 7. The number of nitrogens with zero attached hydrogens (tertiary/aromatic N) is 3. The van der Waals surface area contributed by atoms with Crippen LogP contribution in [0.5, 0.6) is 0 Å². The van der Waals surface area contributed by atoms with Gasteiger partial charge in [-0.1, -0.05) is 152 Å². The standard InChI is InChI=1S/C50H38N4/c1-6-19-35(20-7-1)43-33-44(52-50(51-43)36-21-8-2-9-22-36)42-31-18-32-45-49(42)48-41-30-17-16-29-40(41)46(34-47(48)54(45)39-27-14-5-15-28-39)53(37-23-10-3-11-24-37)38-25-12-4-13-26-38/h1-32,34,43-44H,33H2,(H,51,52). The molecular formula is C50H38N4. The molecule has 1 N–H and O–H groups in total. The Bertz CT molecular complexity index is 2720. The Balaban J connectivity index is 1.27. The maximum atomic E-state index is 5.33. The molecule has 0 spiro atoms. The average molecular weight is 695 g/mol. The van der Waals surface area contributed by atoms with Gasteiger partial charge in [0.25, 0.3) is 0 Å². The average Bonchev–Trinajstić information content (AvgIpc) is 3.60. The number of aliphatic imine (C=N–C) groups is 1. The van der Waals surface area contributed by atoms with Crippen molar-refractivity contribution >= 4 is 55.5 Å². The first-order valence-corrected chi connectivity index (χ1v) is 18.7. The Morgan fingerprint density at radius 2 is 1.09 bits per heavy atom. The summed E-state index contributed by atoms with van der Waals surface area (Å²) in [5, 5.41) is 8.89. The molecule has 0 amide bonds. The number of hydrogen-bond donors (Lipinski definition) is 1. The largest absolute Gasteiger partial charge is 0.363 e. The van der Waals surface area contributed by atoms with Crippen LogP contribution < -0.4 is 10.2 Å². The van der Waals surface area contributed by atoms with E-state index in [1.807, 2.05) is 0 Å². The van der Waals surface area contributed by atoms with Crippen LogP contribution in [0.1, 0.15) is 35.2 Å². The van der Waals surface area contributed by atoms with Gasteiger partial charge in [-0.25, -0.2) is 0 Å². The van der Waals surface area contributed by atoms with Crippen LogP contribution in [0.25, 0.3) is 38.3 Å². The maximum Gasteiger partial charge on any atom is 0.129 e. The lowest BCUT2D eigenvalue weighted by Gasteiger charge is -2.31. The Kier molecular flexibility index (Phi) is 7.99. The van der Waals surface area contributed by atoms with Crippen molar-refractivity contribution in [2.75, 3.05) is 4.90 Å². The lowest BCUT2D eigenvalue weighted by Crippen LogP contribution is -2.35. The van der Waals surface area contributed by atoms with Gasteiger partial charge in [-0.2, -0.15) is 0 Å². The van der Waals surface area contributed by atoms with Crippen molar-refractivity contribution in [1.82, 2.24) is 9.88 Å². The highest BCUT2D eigenvalue weighted by Gasteiger charge is 2.30. The van der Waals surface area contributed by atoms with Crippen molar-refractivity contribution in [2.24, 2.45) is 4.99 Å². The van der Waals surface area contributed by atoms with Gasteiger partial charge < -0.3 is 14.8 Å². The summed E-state index contributed by atoms with van der Waals surface area (Å²) < 4.78 is 2.46. The third kappa shape index (κ3) is 5.51. The Morgan fingerprint density at radius 1 is 0.519 bits per heavy atom. The molecular weight excluding hydrogens is 657 g/mol. The maximum absolute atomic E-state index is 5.33. The molecule has 8 aromatic carbocycles. The molecule has 10 rings (SSSR count). The van der Waals surface area contributed by atoms with Gasteiger partial charge in [-0.15, -0.1) is 0 Å². The Labute approximate surface area is 315 Å². The molecule has 2 heterocycles. The molecule has 0 bridgehead atoms. The quantitative estimate of drug-likeness (QED) is 0.180. The summed E-state index contributed by atoms with van der Waals surface area (Å²) in [6, 6.07) is 71.7. The second-order valence-corrected chi connectivity index (χ2v) is 14.0. The molecule has 0 fully saturated rings. The van der Waals surface area contributed by atoms with Crippen molar-refractivity contribution in [3.05, 3.63) is 217 Å². The van der Waals surface area contributed by atoms with Crippen LogP contribution in [0.4, 0.5) is 17.1 Å². The summed E-state index contributed by atoms with van der Waals surface area (Å²) in [7, 11) is 0. The first-order chi connectivity index (χ1) is 26.8. The van der Waals surface area contributed by atoms with Crippen LogP contribution in [-0.4, -0.2) is 10.4 Å². The summed E-state index contributed by atoms with van der Waals surface area (Å²) in [5.74, 6) is 0.929. The number of benzene rings is 8. The summed E-state index contributed by atoms with van der Waals surface area (Å²) in [5.41, 5.74) is 10.4. The predicted octanol–water partition coefficient (Wildman–Crippen LogP) is 12.6. The van der Waals surface area contributed by atoms with Gasteiger partial charge in [0.15, 0.2) is 0 Å². The molecule has 54 heavy (non-hydrogen) atoms. The van der Waals surface area contributed by atoms with Crippen LogP contribution in [-0.2, 0) is 0 Å². The molecule has 0 radical (unpaired) electrons. The van der Waals surface area contributed by atoms with Crippen LogP contribution in [0.2, 0.25) is 0 Å². The smallest absolute Gasteiger partial charge is 0.129 e. The molecule has 0 saturated heterocycles. The second kappa shape index (κ2) is 13.6. The van der Waals surface area contributed by atoms with Gasteiger partial charge in [0.1, 0.15) is 5.84 Å². The fraction of sp³-hybridized carbons (Fsp3) is 0.0600. The molecule has 2 atom stereocenters. The topological polar surface area (TPSA) is 32.6 Å². The summed E-state index contributed by atoms with van der Waals surface area (Å²) >= 11 is 0. The van der Waals surface area contributed by atoms with Crippen LogP contribution in [0.3, 0.4) is 0 Å². The lowest BCUT2D eigenvalue weighted by atomic mass is 9.89. The van der Waals surface area contributed by atoms with E-state index in [0.29, 0.717) is 0 Å². The van der Waals surface area contributed by atoms with Gasteiger partial charge in [0.2, 0.25) is 0 Å². The van der Waals surface area contributed by atoms with E-state index in [9.17, 15) is 0 Å². The summed E-state index contributed by atoms with van der Waals surface area (Å²) in [6.07, 6.45) is 0.837. The molecule has 4 nitrogen and oxygen atoms in total. The van der Waals surface area contributed by atoms with E-state index in [0.717, 1.165) is 40.6 Å². The fourth-order valence-corrected chi connectivity index (χ4v) is 8.38. The number of para-hydroxylation sites is 3. The predicted molar refractivity (Wildman–Crippen MR) is 226 cm³/mol. The number of amidine groups is 1. The molecule has 1 aliphatic heterocycles. The van der Waals surface area contributed by atoms with Crippen molar-refractivity contribution in [1.29, 1.82) is 0 Å². The summed E-state index contributed by atoms with van der Waals surface area (Å²) in [4.78, 5) is 7.72. The van der Waals surface area contributed by atoms with E-state index in [2.05, 4.69) is 215 Å². The molecule has 258 valence electrons. The number of anilines is 3. The van der Waals surface area contributed by atoms with E-state index in [4.69, 9.17) is 4.99 Å². The van der Waals surface area contributed by atoms with Crippen molar-refractivity contribution in [3.8, 4) is 5.69 Å². The zero-order chi connectivity index (χ0) is 35.8. The van der Waals surface area contributed by atoms with Gasteiger partial charge in [-0.3, -0.25) is 4.99 Å². The Hall–Kier alpha value is -6.91. The molecule has 9 aromatic rings. The van der Waals surface area contributed by atoms with E-state index < -0.39 is 0 Å². The van der Waals surface area contributed by atoms with Crippen molar-refractivity contribution < 1.29 is 0 Å². The van der Waals surface area contributed by atoms with Crippen LogP contribution in [0.15, 0.2) is 205 Å². The fourth-order valence-electron chi connectivity index (χ4n) is 8.38. The van der Waals surface area contributed by atoms with Crippen LogP contribution in [0, 0.1) is 0 Å². The molecule has 1 aliphatic rings. The zero-order valence-corrected chi connectivity index (χ0v) is 29.8. The van der Waals surface area contributed by atoms with Gasteiger partial charge in [0, 0.05) is 38.8 Å². The lowest BCUT2D eigenvalue weighted by molar-refractivity contribution is 0.493. The molecule has 1 aromatic heterocycles. The first kappa shape index (κ1) is 31.8. The molecule has 0 aliphatic carbocycles. The van der Waals surface area contributed by atoms with Gasteiger partial charge >= 0.3 is 0 Å². The minimum absolute atomic E-state index is 0.0130. The monoisotopic (exact) mass is 694 g/mol. The molecule has 0 saturated carbocycles. The molecule has 2 unspecified atom stereocenters. The van der Waals surface area contributed by atoms with Crippen molar-refractivity contribution in [3.63, 3.8) is 0 Å². The van der Waals surface area contributed by atoms with E-state index in [1.165, 1.54) is 43.7 Å². The Morgan fingerprint density at radius 3 is 1.76 bits per heavy atom. The van der Waals surface area contributed by atoms with Gasteiger partial charge in [-0.05, 0) is 71.5 Å². The number of aromatic nitrogens is 1. The van der Waals surface area contributed by atoms with Crippen LogP contribution >= 0.6 is 0 Å². The zero-order valence-electron chi connectivity index (χ0n) is 29.8. The second-order valence-electron chi connectivity index (χ2n) is 14.0. The third-order valence-corrected chi connectivity index (χ3v) is 10.8. The van der Waals surface area contributed by atoms with Crippen molar-refractivity contribution in [2.45, 2.75) is 18.5 Å². The number of nitrogens with one attached hydrogen (secondary N) is 1. The minimum atomic E-state index is 0.0130. The SMILES string of the molecule is c1ccc(C2=NC(c3ccccc3)CC(c3cccc4c3c3c5ccccc5c(N(c5ccccc5)c5ccccc5)cc3n4-c3ccccc3)N2)cc1. The third-order valence-electron chi connectivity index (χ3n) is 10.8. The highest BCUT2D eigenvalue weighted by atomic mass is 15.1. The number of fused-ring (bicyclic) bond motifs is 5. The first-order valence-electron chi connectivity index (χ1n) is 18.7. The van der Waals surface area contributed by atoms with E-state index >= 15 is 0 Å². The minimum Gasteiger partial charge on any atom is -0.363 e. The highest BCUT2D eigenvalue weighted by molar-refractivity contribution is 6.25. The van der Waals surface area contributed by atoms with Gasteiger partial charge in [0.05, 0.1) is 28.8 Å². The highest BCUT2D eigenvalue weighted by Crippen LogP contribution is 2.47. The molecule has 4 heteroatoms. The summed E-state index contributed by atoms with van der Waals surface area (Å²) in [6.45, 7) is 0. The normalized spacial score (nSPS) is 15.6. The van der Waals surface area contributed by atoms with E-state index in [1.54, 1.807) is 0 Å². The number of hydrogen-bond acceptors (Lipinski definition) is 3. The van der Waals surface area contributed by atoms with E-state index in [-0.39, 0.29) is 12.1 Å².